The molecule has 1 fully saturated rings. The Bertz CT molecular complexity index is 79.0. The van der Waals surface area contributed by atoms with Crippen molar-refractivity contribution >= 4 is 11.8 Å². The van der Waals surface area contributed by atoms with E-state index in [1.54, 1.807) is 0 Å². The number of nitrogens with two attached hydrogens (primary N) is 1. The minimum Gasteiger partial charge on any atom is -0.327 e. The molecule has 0 saturated carbocycles. The Balaban J connectivity index is 2.24. The minimum atomic E-state index is 0.456. The lowest BCUT2D eigenvalue weighted by atomic mass is 10.1. The Morgan fingerprint density at radius 1 is 1.78 bits per heavy atom. The van der Waals surface area contributed by atoms with Gasteiger partial charge in [0.25, 0.3) is 0 Å². The summed E-state index contributed by atoms with van der Waals surface area (Å²) < 4.78 is 0. The summed E-state index contributed by atoms with van der Waals surface area (Å²) in [5.74, 6) is 1.33. The summed E-state index contributed by atoms with van der Waals surface area (Å²) in [6, 6.07) is 0.456. The molecule has 1 heterocycles. The number of rotatable bonds is 2. The molecule has 0 spiro atoms. The molecule has 2 atom stereocenters. The first-order valence-electron chi connectivity index (χ1n) is 3.71. The summed E-state index contributed by atoms with van der Waals surface area (Å²) in [5.41, 5.74) is 5.86. The number of thioether (sulfide) groups is 1. The zero-order valence-electron chi connectivity index (χ0n) is 5.97. The lowest BCUT2D eigenvalue weighted by Crippen LogP contribution is -2.29. The van der Waals surface area contributed by atoms with Crippen LogP contribution in [0.1, 0.15) is 26.2 Å². The molecule has 0 bridgehead atoms. The molecule has 1 aliphatic heterocycles. The number of hydrogen-bond donors (Lipinski definition) is 1. The maximum atomic E-state index is 5.86. The van der Waals surface area contributed by atoms with Crippen LogP contribution >= 0.6 is 11.8 Å². The van der Waals surface area contributed by atoms with Crippen molar-refractivity contribution in [3.63, 3.8) is 0 Å². The SMILES string of the molecule is CC[C@H](N)C1CCCS1. The van der Waals surface area contributed by atoms with Gasteiger partial charge in [-0.25, -0.2) is 0 Å². The van der Waals surface area contributed by atoms with Gasteiger partial charge in [0, 0.05) is 11.3 Å². The molecular formula is C7H15NS. The van der Waals surface area contributed by atoms with Gasteiger partial charge in [-0.3, -0.25) is 0 Å². The smallest absolute Gasteiger partial charge is 0.0199 e. The summed E-state index contributed by atoms with van der Waals surface area (Å²) in [6.45, 7) is 2.17. The van der Waals surface area contributed by atoms with Crippen LogP contribution in [0.2, 0.25) is 0 Å². The Kier molecular flexibility index (Phi) is 2.86. The third kappa shape index (κ3) is 1.87. The topological polar surface area (TPSA) is 26.0 Å². The Labute approximate surface area is 61.4 Å². The minimum absolute atomic E-state index is 0.456. The fraction of sp³-hybridized carbons (Fsp3) is 1.00. The van der Waals surface area contributed by atoms with E-state index in [4.69, 9.17) is 5.73 Å². The van der Waals surface area contributed by atoms with E-state index in [1.807, 2.05) is 0 Å². The molecule has 0 radical (unpaired) electrons. The average molecular weight is 145 g/mol. The van der Waals surface area contributed by atoms with Crippen LogP contribution in [-0.2, 0) is 0 Å². The molecule has 0 aromatic rings. The van der Waals surface area contributed by atoms with E-state index in [2.05, 4.69) is 18.7 Å². The molecule has 1 saturated heterocycles. The molecule has 1 rings (SSSR count). The first-order chi connectivity index (χ1) is 4.34. The Hall–Kier alpha value is 0.310. The lowest BCUT2D eigenvalue weighted by molar-refractivity contribution is 0.596. The van der Waals surface area contributed by atoms with Crippen molar-refractivity contribution in [2.45, 2.75) is 37.5 Å². The molecule has 0 amide bonds. The first kappa shape index (κ1) is 7.42. The lowest BCUT2D eigenvalue weighted by Gasteiger charge is -2.14. The average Bonchev–Trinajstić information content (AvgIpc) is 2.37. The predicted molar refractivity (Wildman–Crippen MR) is 43.7 cm³/mol. The van der Waals surface area contributed by atoms with Crippen LogP contribution in [0, 0.1) is 0 Å². The predicted octanol–water partition coefficient (Wildman–Crippen LogP) is 1.62. The van der Waals surface area contributed by atoms with Crippen molar-refractivity contribution in [3.05, 3.63) is 0 Å². The van der Waals surface area contributed by atoms with Crippen molar-refractivity contribution in [1.82, 2.24) is 0 Å². The maximum Gasteiger partial charge on any atom is 0.0199 e. The largest absolute Gasteiger partial charge is 0.327 e. The molecule has 2 heteroatoms. The highest BCUT2D eigenvalue weighted by molar-refractivity contribution is 8.00. The van der Waals surface area contributed by atoms with E-state index in [1.165, 1.54) is 18.6 Å². The van der Waals surface area contributed by atoms with Crippen LogP contribution in [0.15, 0.2) is 0 Å². The number of hydrogen-bond acceptors (Lipinski definition) is 2. The van der Waals surface area contributed by atoms with Gasteiger partial charge in [-0.2, -0.15) is 11.8 Å². The van der Waals surface area contributed by atoms with Gasteiger partial charge < -0.3 is 5.73 Å². The zero-order valence-corrected chi connectivity index (χ0v) is 6.79. The summed E-state index contributed by atoms with van der Waals surface area (Å²) in [6.07, 6.45) is 3.86. The van der Waals surface area contributed by atoms with Gasteiger partial charge in [-0.05, 0) is 25.0 Å². The van der Waals surface area contributed by atoms with Crippen LogP contribution in [-0.4, -0.2) is 17.0 Å². The van der Waals surface area contributed by atoms with E-state index in [-0.39, 0.29) is 0 Å². The van der Waals surface area contributed by atoms with Crippen molar-refractivity contribution in [2.24, 2.45) is 5.73 Å². The van der Waals surface area contributed by atoms with Crippen molar-refractivity contribution < 1.29 is 0 Å². The third-order valence-corrected chi connectivity index (χ3v) is 3.45. The van der Waals surface area contributed by atoms with Crippen LogP contribution in [0.5, 0.6) is 0 Å². The maximum absolute atomic E-state index is 5.86. The molecule has 54 valence electrons. The molecule has 0 aliphatic carbocycles. The summed E-state index contributed by atoms with van der Waals surface area (Å²) in [7, 11) is 0. The second-order valence-electron chi connectivity index (χ2n) is 2.62. The second kappa shape index (κ2) is 3.47. The molecule has 1 nitrogen and oxygen atoms in total. The zero-order chi connectivity index (χ0) is 6.69. The van der Waals surface area contributed by atoms with Gasteiger partial charge in [0.1, 0.15) is 0 Å². The van der Waals surface area contributed by atoms with E-state index >= 15 is 0 Å². The van der Waals surface area contributed by atoms with Gasteiger partial charge in [-0.15, -0.1) is 0 Å². The quantitative estimate of drug-likeness (QED) is 0.639. The van der Waals surface area contributed by atoms with Crippen LogP contribution in [0.25, 0.3) is 0 Å². The molecular weight excluding hydrogens is 130 g/mol. The van der Waals surface area contributed by atoms with Gasteiger partial charge in [-0.1, -0.05) is 6.92 Å². The Morgan fingerprint density at radius 3 is 3.00 bits per heavy atom. The van der Waals surface area contributed by atoms with Gasteiger partial charge >= 0.3 is 0 Å². The van der Waals surface area contributed by atoms with E-state index in [0.717, 1.165) is 11.7 Å². The molecule has 1 aliphatic rings. The molecule has 1 unspecified atom stereocenters. The third-order valence-electron chi connectivity index (χ3n) is 1.91. The van der Waals surface area contributed by atoms with Crippen LogP contribution < -0.4 is 5.73 Å². The fourth-order valence-corrected chi connectivity index (χ4v) is 2.61. The van der Waals surface area contributed by atoms with Crippen LogP contribution in [0.4, 0.5) is 0 Å². The van der Waals surface area contributed by atoms with E-state index in [0.29, 0.717) is 6.04 Å². The standard InChI is InChI=1S/C7H15NS/c1-2-6(8)7-4-3-5-9-7/h6-7H,2-5,8H2,1H3/t6-,7?/m0/s1. The normalized spacial score (nSPS) is 30.7. The van der Waals surface area contributed by atoms with Crippen molar-refractivity contribution in [3.8, 4) is 0 Å². The summed E-state index contributed by atoms with van der Waals surface area (Å²) in [5, 5.41) is 0.773. The Morgan fingerprint density at radius 2 is 2.56 bits per heavy atom. The molecule has 2 N–H and O–H groups in total. The molecule has 0 aromatic heterocycles. The summed E-state index contributed by atoms with van der Waals surface area (Å²) >= 11 is 2.05. The molecule has 0 aromatic carbocycles. The highest BCUT2D eigenvalue weighted by Crippen LogP contribution is 2.28. The summed E-state index contributed by atoms with van der Waals surface area (Å²) in [4.78, 5) is 0. The van der Waals surface area contributed by atoms with Crippen molar-refractivity contribution in [2.75, 3.05) is 5.75 Å². The fourth-order valence-electron chi connectivity index (χ4n) is 1.20. The molecule has 9 heavy (non-hydrogen) atoms. The van der Waals surface area contributed by atoms with E-state index in [9.17, 15) is 0 Å². The first-order valence-corrected chi connectivity index (χ1v) is 4.76. The highest BCUT2D eigenvalue weighted by atomic mass is 32.2. The second-order valence-corrected chi connectivity index (χ2v) is 3.97. The van der Waals surface area contributed by atoms with Crippen LogP contribution in [0.3, 0.4) is 0 Å². The monoisotopic (exact) mass is 145 g/mol. The van der Waals surface area contributed by atoms with E-state index < -0.39 is 0 Å². The van der Waals surface area contributed by atoms with Gasteiger partial charge in [0.05, 0.1) is 0 Å². The van der Waals surface area contributed by atoms with Gasteiger partial charge in [0.2, 0.25) is 0 Å². The van der Waals surface area contributed by atoms with Crippen molar-refractivity contribution in [1.29, 1.82) is 0 Å². The van der Waals surface area contributed by atoms with Gasteiger partial charge in [0.15, 0.2) is 0 Å². The highest BCUT2D eigenvalue weighted by Gasteiger charge is 2.20.